The lowest BCUT2D eigenvalue weighted by Crippen LogP contribution is -2.68. The topological polar surface area (TPSA) is 169 Å². The van der Waals surface area contributed by atoms with Gasteiger partial charge in [-0.15, -0.1) is 0 Å². The summed E-state index contributed by atoms with van der Waals surface area (Å²) in [5, 5.41) is 1.19. The number of carbonyl (C=O) groups excluding carboxylic acids is 2. The molecule has 5 rings (SSSR count). The molecule has 3 aromatic carbocycles. The van der Waals surface area contributed by atoms with Crippen LogP contribution >= 0.6 is 0 Å². The molecule has 0 bridgehead atoms. The molecule has 0 aliphatic carbocycles. The average molecular weight is 751 g/mol. The van der Waals surface area contributed by atoms with Crippen LogP contribution in [0.1, 0.15) is 46.4 Å². The van der Waals surface area contributed by atoms with Gasteiger partial charge >= 0.3 is 17.6 Å². The summed E-state index contributed by atoms with van der Waals surface area (Å²) >= 11 is 0. The number of aryl methyl sites for hydroxylation is 1. The van der Waals surface area contributed by atoms with E-state index in [0.717, 1.165) is 46.6 Å². The molecule has 13 nitrogen and oxygen atoms in total. The molecule has 0 radical (unpaired) electrons. The third-order valence-electron chi connectivity index (χ3n) is 8.89. The summed E-state index contributed by atoms with van der Waals surface area (Å²) in [5.41, 5.74) is -2.83. The van der Waals surface area contributed by atoms with Gasteiger partial charge < -0.3 is 18.6 Å². The first-order valence-corrected chi connectivity index (χ1v) is 19.9. The fourth-order valence-corrected chi connectivity index (χ4v) is 12.1. The normalized spacial score (nSPS) is 20.7. The fourth-order valence-electron chi connectivity index (χ4n) is 6.55. The number of carbonyl (C=O) groups is 2. The van der Waals surface area contributed by atoms with E-state index in [1.807, 2.05) is 81.4 Å². The molecular weight excluding hydrogens is 709 g/mol. The van der Waals surface area contributed by atoms with Crippen molar-refractivity contribution in [2.75, 3.05) is 13.2 Å². The fraction of sp³-hybridized carbons (Fsp3) is 0.351. The van der Waals surface area contributed by atoms with Crippen molar-refractivity contribution in [3.8, 4) is 0 Å². The van der Waals surface area contributed by atoms with Crippen molar-refractivity contribution in [1.29, 1.82) is 0 Å². The summed E-state index contributed by atoms with van der Waals surface area (Å²) in [7, 11) is -7.87. The van der Waals surface area contributed by atoms with Crippen molar-refractivity contribution in [3.63, 3.8) is 0 Å². The summed E-state index contributed by atoms with van der Waals surface area (Å²) in [4.78, 5) is 52.6. The van der Waals surface area contributed by atoms with Crippen molar-refractivity contribution < 1.29 is 40.8 Å². The van der Waals surface area contributed by atoms with E-state index in [9.17, 15) is 27.6 Å². The number of benzene rings is 3. The predicted octanol–water partition coefficient (Wildman–Crippen LogP) is 2.96. The van der Waals surface area contributed by atoms with E-state index in [2.05, 4.69) is 4.98 Å². The van der Waals surface area contributed by atoms with Gasteiger partial charge in [-0.25, -0.2) is 4.79 Å². The third kappa shape index (κ3) is 7.88. The van der Waals surface area contributed by atoms with Crippen molar-refractivity contribution in [3.05, 3.63) is 124 Å². The van der Waals surface area contributed by atoms with E-state index >= 15 is 0 Å². The Labute approximate surface area is 302 Å². The first-order chi connectivity index (χ1) is 24.5. The molecule has 1 aromatic heterocycles. The average Bonchev–Trinajstić information content (AvgIpc) is 3.36. The maximum atomic E-state index is 13.7. The van der Waals surface area contributed by atoms with Crippen LogP contribution in [-0.4, -0.2) is 69.2 Å². The Bertz CT molecular complexity index is 2080. The van der Waals surface area contributed by atoms with Crippen LogP contribution in [0, 0.1) is 6.92 Å². The van der Waals surface area contributed by atoms with E-state index in [-0.39, 0.29) is 4.90 Å². The minimum atomic E-state index is -4.47. The Hall–Kier alpha value is -4.67. The van der Waals surface area contributed by atoms with Gasteiger partial charge in [0.1, 0.15) is 6.61 Å². The van der Waals surface area contributed by atoms with Crippen molar-refractivity contribution in [2.24, 2.45) is 0 Å². The van der Waals surface area contributed by atoms with Gasteiger partial charge in [-0.05, 0) is 34.5 Å². The molecule has 1 aliphatic heterocycles. The number of aromatic amines is 1. The molecule has 1 saturated heterocycles. The van der Waals surface area contributed by atoms with E-state index in [1.165, 1.54) is 12.1 Å². The number of esters is 2. The maximum Gasteiger partial charge on any atom is 0.330 e. The van der Waals surface area contributed by atoms with Crippen LogP contribution in [0.25, 0.3) is 0 Å². The van der Waals surface area contributed by atoms with Gasteiger partial charge in [0.2, 0.25) is 0 Å². The summed E-state index contributed by atoms with van der Waals surface area (Å²) < 4.78 is 59.4. The Morgan fingerprint density at radius 1 is 0.846 bits per heavy atom. The summed E-state index contributed by atoms with van der Waals surface area (Å²) in [5.74, 6) is -1.64. The zero-order valence-electron chi connectivity index (χ0n) is 29.7. The Balaban J connectivity index is 1.73. The second kappa shape index (κ2) is 15.1. The van der Waals surface area contributed by atoms with Gasteiger partial charge in [-0.3, -0.25) is 28.1 Å². The van der Waals surface area contributed by atoms with Crippen LogP contribution in [0.5, 0.6) is 0 Å². The summed E-state index contributed by atoms with van der Waals surface area (Å²) in [6, 6.07) is 26.2. The number of hydrogen-bond donors (Lipinski definition) is 1. The number of rotatable bonds is 12. The highest BCUT2D eigenvalue weighted by atomic mass is 32.2. The van der Waals surface area contributed by atoms with Crippen molar-refractivity contribution in [2.45, 2.75) is 75.5 Å². The first kappa shape index (κ1) is 38.6. The molecular formula is C37H42N2O11SSi. The van der Waals surface area contributed by atoms with E-state index in [0.29, 0.717) is 0 Å². The van der Waals surface area contributed by atoms with Gasteiger partial charge in [0.05, 0.1) is 11.5 Å². The van der Waals surface area contributed by atoms with Crippen LogP contribution in [0.15, 0.2) is 112 Å². The quantitative estimate of drug-likeness (QED) is 0.128. The Morgan fingerprint density at radius 2 is 1.40 bits per heavy atom. The van der Waals surface area contributed by atoms with Crippen LogP contribution in [0.2, 0.25) is 5.04 Å². The second-order valence-corrected chi connectivity index (χ2v) is 19.6. The van der Waals surface area contributed by atoms with E-state index in [1.54, 1.807) is 19.1 Å². The minimum absolute atomic E-state index is 0.145. The molecule has 1 N–H and O–H groups in total. The molecule has 0 unspecified atom stereocenters. The van der Waals surface area contributed by atoms with Gasteiger partial charge in [0.15, 0.2) is 24.0 Å². The van der Waals surface area contributed by atoms with Crippen LogP contribution in [-0.2, 0) is 42.5 Å². The lowest BCUT2D eigenvalue weighted by molar-refractivity contribution is -0.174. The van der Waals surface area contributed by atoms with Crippen molar-refractivity contribution in [1.82, 2.24) is 9.55 Å². The number of aromatic nitrogens is 2. The van der Waals surface area contributed by atoms with Crippen LogP contribution < -0.4 is 21.6 Å². The lowest BCUT2D eigenvalue weighted by Gasteiger charge is -2.45. The molecule has 2 heterocycles. The molecule has 52 heavy (non-hydrogen) atoms. The molecule has 15 heteroatoms. The second-order valence-electron chi connectivity index (χ2n) is 13.7. The Kier molecular flexibility index (Phi) is 11.2. The monoisotopic (exact) mass is 750 g/mol. The molecule has 4 atom stereocenters. The zero-order valence-corrected chi connectivity index (χ0v) is 31.5. The number of hydrogen-bond acceptors (Lipinski definition) is 11. The van der Waals surface area contributed by atoms with Crippen LogP contribution in [0.4, 0.5) is 0 Å². The van der Waals surface area contributed by atoms with Gasteiger partial charge in [-0.2, -0.15) is 8.42 Å². The molecule has 0 spiro atoms. The number of H-pyrrole nitrogens is 1. The standard InChI is InChI=1S/C37H42N2O11SSi/c1-25-17-19-28(20-18-25)51(44,45)46-23-37(24-47-52(36(4,5)6,29-13-9-7-10-14-29)30-15-11-8-12-16-30)33(49-27(3)41)32(48-26(2)40)34(50-37)39-22-21-31(42)38-35(39)43/h7-22,32-34H,23-24H2,1-6H3,(H,38,42,43)/t32-,33+,34-,37-/m1/s1. The number of nitrogens with zero attached hydrogens (tertiary/aromatic N) is 1. The largest absolute Gasteiger partial charge is 0.455 e. The van der Waals surface area contributed by atoms with E-state index < -0.39 is 83.9 Å². The smallest absolute Gasteiger partial charge is 0.330 e. The zero-order chi connectivity index (χ0) is 37.9. The summed E-state index contributed by atoms with van der Waals surface area (Å²) in [6.45, 7) is 8.89. The van der Waals surface area contributed by atoms with Gasteiger partial charge in [0.25, 0.3) is 24.0 Å². The SMILES string of the molecule is CC(=O)O[C@H]1[C@H](n2ccc(=O)[nH]c2=O)O[C@@](CO[Si](c2ccccc2)(c2ccccc2)C(C)(C)C)(COS(=O)(=O)c2ccc(C)cc2)[C@H]1OC(C)=O. The summed E-state index contributed by atoms with van der Waals surface area (Å²) in [6.07, 6.45) is -3.51. The Morgan fingerprint density at radius 3 is 1.90 bits per heavy atom. The van der Waals surface area contributed by atoms with Crippen LogP contribution in [0.3, 0.4) is 0 Å². The minimum Gasteiger partial charge on any atom is -0.455 e. The highest BCUT2D eigenvalue weighted by Gasteiger charge is 2.63. The molecule has 0 saturated carbocycles. The molecule has 1 fully saturated rings. The molecule has 1 aliphatic rings. The maximum absolute atomic E-state index is 13.7. The van der Waals surface area contributed by atoms with Crippen molar-refractivity contribution >= 4 is 40.7 Å². The molecule has 4 aromatic rings. The van der Waals surface area contributed by atoms with Gasteiger partial charge in [-0.1, -0.05) is 99.1 Å². The first-order valence-electron chi connectivity index (χ1n) is 16.5. The van der Waals surface area contributed by atoms with Gasteiger partial charge in [0, 0.05) is 26.1 Å². The molecule has 0 amide bonds. The predicted molar refractivity (Wildman–Crippen MR) is 193 cm³/mol. The highest BCUT2D eigenvalue weighted by Crippen LogP contribution is 2.44. The molecule has 276 valence electrons. The number of nitrogens with one attached hydrogen (secondary N) is 1. The number of ether oxygens (including phenoxy) is 3. The lowest BCUT2D eigenvalue weighted by atomic mass is 9.96. The third-order valence-corrected chi connectivity index (χ3v) is 15.2. The van der Waals surface area contributed by atoms with E-state index in [4.69, 9.17) is 22.8 Å². The highest BCUT2D eigenvalue weighted by molar-refractivity contribution is 7.86.